The highest BCUT2D eigenvalue weighted by Gasteiger charge is 2.19. The molecule has 0 aromatic rings. The normalized spacial score (nSPS) is 12.8. The predicted octanol–water partition coefficient (Wildman–Crippen LogP) is 18.1. The van der Waals surface area contributed by atoms with Gasteiger partial charge in [0.15, 0.2) is 6.10 Å². The molecule has 1 atom stereocenters. The Morgan fingerprint density at radius 1 is 0.318 bits per heavy atom. The maximum absolute atomic E-state index is 12.8. The molecule has 0 bridgehead atoms. The van der Waals surface area contributed by atoms with Crippen molar-refractivity contribution in [3.8, 4) is 0 Å². The van der Waals surface area contributed by atoms with Gasteiger partial charge in [0.05, 0.1) is 0 Å². The van der Waals surface area contributed by atoms with Crippen molar-refractivity contribution in [2.75, 3.05) is 13.2 Å². The molecule has 6 heteroatoms. The molecule has 376 valence electrons. The number of ether oxygens (including phenoxy) is 3. The van der Waals surface area contributed by atoms with Gasteiger partial charge >= 0.3 is 17.9 Å². The molecule has 0 fully saturated rings. The second-order valence-electron chi connectivity index (χ2n) is 17.8. The van der Waals surface area contributed by atoms with Crippen molar-refractivity contribution in [2.24, 2.45) is 0 Å². The van der Waals surface area contributed by atoms with E-state index >= 15 is 0 Å². The molecule has 0 aliphatic rings. The van der Waals surface area contributed by atoms with E-state index in [2.05, 4.69) is 118 Å². The molecule has 0 rings (SSSR count). The minimum Gasteiger partial charge on any atom is -0.462 e. The molecule has 0 heterocycles. The first-order valence-electron chi connectivity index (χ1n) is 27.2. The van der Waals surface area contributed by atoms with Gasteiger partial charge in [0.2, 0.25) is 0 Å². The first kappa shape index (κ1) is 62.3. The molecular weight excluding hydrogens is 817 g/mol. The molecule has 0 spiro atoms. The van der Waals surface area contributed by atoms with Crippen LogP contribution < -0.4 is 0 Å². The van der Waals surface area contributed by atoms with E-state index in [1.54, 1.807) is 0 Å². The molecule has 0 radical (unpaired) electrons. The fraction of sp³-hybridized carbons (Fsp3) is 0.683. The lowest BCUT2D eigenvalue weighted by molar-refractivity contribution is -0.167. The molecule has 0 aliphatic carbocycles. The van der Waals surface area contributed by atoms with Gasteiger partial charge in [-0.05, 0) is 96.3 Å². The van der Waals surface area contributed by atoms with Crippen LogP contribution in [0.5, 0.6) is 0 Å². The Morgan fingerprint density at radius 2 is 0.606 bits per heavy atom. The summed E-state index contributed by atoms with van der Waals surface area (Å²) in [5.74, 6) is -1.01. The minimum atomic E-state index is -0.815. The number of allylic oxidation sites excluding steroid dienone is 16. The van der Waals surface area contributed by atoms with Gasteiger partial charge in [-0.1, -0.05) is 227 Å². The molecule has 0 saturated heterocycles. The van der Waals surface area contributed by atoms with E-state index in [0.29, 0.717) is 25.7 Å². The van der Waals surface area contributed by atoms with E-state index < -0.39 is 6.10 Å². The summed E-state index contributed by atoms with van der Waals surface area (Å²) in [5, 5.41) is 0. The van der Waals surface area contributed by atoms with Crippen LogP contribution in [-0.2, 0) is 28.6 Å². The summed E-state index contributed by atoms with van der Waals surface area (Å²) in [5.41, 5.74) is 0. The average molecular weight is 917 g/mol. The van der Waals surface area contributed by atoms with Crippen LogP contribution in [0.2, 0.25) is 0 Å². The molecule has 0 aromatic heterocycles. The summed E-state index contributed by atoms with van der Waals surface area (Å²) < 4.78 is 16.8. The Bertz CT molecular complexity index is 1330. The maximum Gasteiger partial charge on any atom is 0.306 e. The Kier molecular flexibility index (Phi) is 50.9. The molecule has 0 unspecified atom stereocenters. The number of rotatable bonds is 48. The van der Waals surface area contributed by atoms with E-state index in [0.717, 1.165) is 83.5 Å². The van der Waals surface area contributed by atoms with Crippen LogP contribution in [0.25, 0.3) is 0 Å². The third-order valence-corrected chi connectivity index (χ3v) is 11.3. The highest BCUT2D eigenvalue weighted by Crippen LogP contribution is 2.15. The van der Waals surface area contributed by atoms with Crippen LogP contribution in [0.3, 0.4) is 0 Å². The zero-order chi connectivity index (χ0) is 47.9. The van der Waals surface area contributed by atoms with Gasteiger partial charge < -0.3 is 14.2 Å². The van der Waals surface area contributed by atoms with E-state index in [4.69, 9.17) is 14.2 Å². The highest BCUT2D eigenvalue weighted by atomic mass is 16.6. The molecule has 0 amide bonds. The lowest BCUT2D eigenvalue weighted by Gasteiger charge is -2.18. The summed E-state index contributed by atoms with van der Waals surface area (Å²) >= 11 is 0. The monoisotopic (exact) mass is 917 g/mol. The molecule has 0 aliphatic heterocycles. The van der Waals surface area contributed by atoms with Gasteiger partial charge in [-0.3, -0.25) is 14.4 Å². The smallest absolute Gasteiger partial charge is 0.306 e. The number of hydrogen-bond donors (Lipinski definition) is 0. The zero-order valence-electron chi connectivity index (χ0n) is 42.9. The van der Waals surface area contributed by atoms with Crippen LogP contribution in [0, 0.1) is 0 Å². The molecule has 0 saturated carbocycles. The largest absolute Gasteiger partial charge is 0.462 e. The third kappa shape index (κ3) is 51.3. The zero-order valence-corrected chi connectivity index (χ0v) is 42.9. The van der Waals surface area contributed by atoms with E-state index in [1.165, 1.54) is 109 Å². The second kappa shape index (κ2) is 53.9. The first-order valence-corrected chi connectivity index (χ1v) is 27.2. The van der Waals surface area contributed by atoms with Crippen molar-refractivity contribution >= 4 is 17.9 Å². The van der Waals surface area contributed by atoms with Gasteiger partial charge in [0, 0.05) is 19.3 Å². The quantitative estimate of drug-likeness (QED) is 0.0262. The molecular formula is C60H100O6. The van der Waals surface area contributed by atoms with Crippen molar-refractivity contribution in [3.63, 3.8) is 0 Å². The Balaban J connectivity index is 4.53. The first-order chi connectivity index (χ1) is 32.5. The topological polar surface area (TPSA) is 78.9 Å². The lowest BCUT2D eigenvalue weighted by Crippen LogP contribution is -2.30. The molecule has 0 N–H and O–H groups in total. The van der Waals surface area contributed by atoms with Crippen molar-refractivity contribution < 1.29 is 28.6 Å². The summed E-state index contributed by atoms with van der Waals surface area (Å²) in [6.07, 6.45) is 71.1. The Hall–Kier alpha value is -3.67. The van der Waals surface area contributed by atoms with Crippen LogP contribution in [0.15, 0.2) is 97.2 Å². The fourth-order valence-electron chi connectivity index (χ4n) is 7.25. The molecule has 6 nitrogen and oxygen atoms in total. The standard InChI is InChI=1S/C60H100O6/c1-4-7-10-13-16-19-22-25-28-30-33-35-38-41-44-47-50-53-59(62)65-56-57(55-64-58(61)52-49-46-43-40-37-34-31-27-24-21-18-15-12-9-6-3)66-60(63)54-51-48-45-42-39-36-32-29-26-23-20-17-14-11-8-5-2/h9,12,16,18-19,21,25,27-28,31,33,35,37,40-41,44,57H,4-8,10-11,13-15,17,20,22-24,26,29-30,32,34,36,38-39,42-43,45-56H2,1-3H3/b12-9-,19-16-,21-18-,28-25-,31-27-,35-33-,40-37-,44-41-/t57-/m1/s1. The number of unbranched alkanes of at least 4 members (excludes halogenated alkanes) is 21. The Morgan fingerprint density at radius 3 is 1.02 bits per heavy atom. The van der Waals surface area contributed by atoms with Gasteiger partial charge in [0.1, 0.15) is 13.2 Å². The van der Waals surface area contributed by atoms with E-state index in [9.17, 15) is 14.4 Å². The minimum absolute atomic E-state index is 0.115. The number of hydrogen-bond acceptors (Lipinski definition) is 6. The predicted molar refractivity (Wildman–Crippen MR) is 284 cm³/mol. The van der Waals surface area contributed by atoms with E-state index in [-0.39, 0.29) is 37.5 Å². The SMILES string of the molecule is CC/C=C\C/C=C\C/C=C\C/C=C\CCCCC(=O)OC[C@H](COC(=O)CCC/C=C\C/C=C\C/C=C\C/C=C\CCCCC)OC(=O)CCCCCCCCCCCCCCCCCC. The summed E-state index contributed by atoms with van der Waals surface area (Å²) in [4.78, 5) is 38.0. The Labute approximate surface area is 407 Å². The van der Waals surface area contributed by atoms with E-state index in [1.807, 2.05) is 0 Å². The van der Waals surface area contributed by atoms with Crippen molar-refractivity contribution in [1.82, 2.24) is 0 Å². The van der Waals surface area contributed by atoms with Crippen LogP contribution in [-0.4, -0.2) is 37.2 Å². The van der Waals surface area contributed by atoms with Crippen molar-refractivity contribution in [1.29, 1.82) is 0 Å². The van der Waals surface area contributed by atoms with Crippen molar-refractivity contribution in [2.45, 2.75) is 252 Å². The van der Waals surface area contributed by atoms with Crippen molar-refractivity contribution in [3.05, 3.63) is 97.2 Å². The van der Waals surface area contributed by atoms with Gasteiger partial charge in [-0.2, -0.15) is 0 Å². The number of esters is 3. The van der Waals surface area contributed by atoms with Gasteiger partial charge in [-0.15, -0.1) is 0 Å². The maximum atomic E-state index is 12.8. The summed E-state index contributed by atoms with van der Waals surface area (Å²) in [6, 6.07) is 0. The van der Waals surface area contributed by atoms with Gasteiger partial charge in [0.25, 0.3) is 0 Å². The summed E-state index contributed by atoms with van der Waals surface area (Å²) in [6.45, 7) is 6.42. The second-order valence-corrected chi connectivity index (χ2v) is 17.8. The average Bonchev–Trinajstić information content (AvgIpc) is 3.31. The number of carbonyl (C=O) groups excluding carboxylic acids is 3. The van der Waals surface area contributed by atoms with Crippen LogP contribution in [0.4, 0.5) is 0 Å². The number of carbonyl (C=O) groups is 3. The molecule has 0 aromatic carbocycles. The molecule has 66 heavy (non-hydrogen) atoms. The van der Waals surface area contributed by atoms with Gasteiger partial charge in [-0.25, -0.2) is 0 Å². The summed E-state index contributed by atoms with van der Waals surface area (Å²) in [7, 11) is 0. The highest BCUT2D eigenvalue weighted by molar-refractivity contribution is 5.71. The van der Waals surface area contributed by atoms with Crippen LogP contribution >= 0.6 is 0 Å². The third-order valence-electron chi connectivity index (χ3n) is 11.3. The lowest BCUT2D eigenvalue weighted by atomic mass is 10.0. The fourth-order valence-corrected chi connectivity index (χ4v) is 7.25. The van der Waals surface area contributed by atoms with Crippen LogP contribution in [0.1, 0.15) is 245 Å².